The molecule has 15 heavy (non-hydrogen) atoms. The van der Waals surface area contributed by atoms with Crippen LogP contribution < -0.4 is 10.6 Å². The van der Waals surface area contributed by atoms with Gasteiger partial charge in [-0.3, -0.25) is 0 Å². The Morgan fingerprint density at radius 1 is 1.47 bits per heavy atom. The lowest BCUT2D eigenvalue weighted by molar-refractivity contribution is 0.148. The highest BCUT2D eigenvalue weighted by atomic mass is 16.3. The molecule has 1 rings (SSSR count). The van der Waals surface area contributed by atoms with E-state index in [1.807, 2.05) is 13.8 Å². The molecule has 0 atom stereocenters. The summed E-state index contributed by atoms with van der Waals surface area (Å²) in [7, 11) is 0. The summed E-state index contributed by atoms with van der Waals surface area (Å²) >= 11 is 0. The van der Waals surface area contributed by atoms with E-state index < -0.39 is 0 Å². The number of rotatable bonds is 6. The number of urea groups is 1. The van der Waals surface area contributed by atoms with E-state index in [2.05, 4.69) is 10.6 Å². The maximum absolute atomic E-state index is 11.2. The SMILES string of the molecule is CC(C)(CO)CCCNC(=O)NC1CC1. The third-order valence-corrected chi connectivity index (χ3v) is 2.66. The molecule has 4 heteroatoms. The Labute approximate surface area is 91.4 Å². The lowest BCUT2D eigenvalue weighted by Crippen LogP contribution is -2.37. The molecule has 0 aromatic rings. The van der Waals surface area contributed by atoms with Gasteiger partial charge in [0.2, 0.25) is 0 Å². The van der Waals surface area contributed by atoms with Gasteiger partial charge in [0.1, 0.15) is 0 Å². The normalized spacial score (nSPS) is 16.2. The summed E-state index contributed by atoms with van der Waals surface area (Å²) in [4.78, 5) is 11.2. The molecule has 1 saturated carbocycles. The van der Waals surface area contributed by atoms with Crippen LogP contribution in [0.15, 0.2) is 0 Å². The van der Waals surface area contributed by atoms with Crippen LogP contribution >= 0.6 is 0 Å². The van der Waals surface area contributed by atoms with Gasteiger partial charge in [0.15, 0.2) is 0 Å². The van der Waals surface area contributed by atoms with Crippen molar-refractivity contribution in [2.45, 2.75) is 45.6 Å². The van der Waals surface area contributed by atoms with Gasteiger partial charge in [-0.15, -0.1) is 0 Å². The summed E-state index contributed by atoms with van der Waals surface area (Å²) in [5.41, 5.74) is -0.0331. The average molecular weight is 214 g/mol. The molecule has 3 N–H and O–H groups in total. The number of nitrogens with one attached hydrogen (secondary N) is 2. The third kappa shape index (κ3) is 5.62. The number of carbonyl (C=O) groups is 1. The van der Waals surface area contributed by atoms with Crippen LogP contribution in [-0.4, -0.2) is 30.3 Å². The second-order valence-corrected chi connectivity index (χ2v) is 5.10. The Morgan fingerprint density at radius 2 is 2.13 bits per heavy atom. The molecule has 4 nitrogen and oxygen atoms in total. The fourth-order valence-corrected chi connectivity index (χ4v) is 1.31. The topological polar surface area (TPSA) is 61.4 Å². The summed E-state index contributed by atoms with van der Waals surface area (Å²) in [6, 6.07) is 0.359. The van der Waals surface area contributed by atoms with Crippen molar-refractivity contribution in [3.05, 3.63) is 0 Å². The molecule has 0 unspecified atom stereocenters. The number of carbonyl (C=O) groups excluding carboxylic acids is 1. The zero-order valence-electron chi connectivity index (χ0n) is 9.68. The van der Waals surface area contributed by atoms with Gasteiger partial charge in [0.05, 0.1) is 0 Å². The highest BCUT2D eigenvalue weighted by Crippen LogP contribution is 2.20. The highest BCUT2D eigenvalue weighted by Gasteiger charge is 2.23. The minimum Gasteiger partial charge on any atom is -0.396 e. The van der Waals surface area contributed by atoms with Crippen LogP contribution in [0.4, 0.5) is 4.79 Å². The largest absolute Gasteiger partial charge is 0.396 e. The van der Waals surface area contributed by atoms with Crippen molar-refractivity contribution < 1.29 is 9.90 Å². The summed E-state index contributed by atoms with van der Waals surface area (Å²) in [6.45, 7) is 4.93. The molecule has 0 spiro atoms. The fraction of sp³-hybridized carbons (Fsp3) is 0.909. The first-order valence-corrected chi connectivity index (χ1v) is 5.69. The molecule has 0 aromatic heterocycles. The number of hydrogen-bond donors (Lipinski definition) is 3. The molecule has 1 aliphatic rings. The zero-order valence-corrected chi connectivity index (χ0v) is 9.68. The second kappa shape index (κ2) is 5.35. The van der Waals surface area contributed by atoms with Crippen molar-refractivity contribution in [2.24, 2.45) is 5.41 Å². The molecule has 0 heterocycles. The predicted octanol–water partition coefficient (Wildman–Crippen LogP) is 1.25. The van der Waals surface area contributed by atoms with Crippen molar-refractivity contribution in [1.82, 2.24) is 10.6 Å². The minimum absolute atomic E-state index is 0.0331. The van der Waals surface area contributed by atoms with Crippen LogP contribution in [0.5, 0.6) is 0 Å². The Kier molecular flexibility index (Phi) is 4.39. The Hall–Kier alpha value is -0.770. The van der Waals surface area contributed by atoms with E-state index in [9.17, 15) is 4.79 Å². The maximum Gasteiger partial charge on any atom is 0.315 e. The van der Waals surface area contributed by atoms with E-state index in [4.69, 9.17) is 5.11 Å². The first kappa shape index (κ1) is 12.3. The molecule has 88 valence electrons. The summed E-state index contributed by atoms with van der Waals surface area (Å²) in [5, 5.41) is 14.7. The summed E-state index contributed by atoms with van der Waals surface area (Å²) in [6.07, 6.45) is 4.06. The maximum atomic E-state index is 11.2. The van der Waals surface area contributed by atoms with Crippen molar-refractivity contribution in [3.63, 3.8) is 0 Å². The van der Waals surface area contributed by atoms with Crippen LogP contribution in [0.25, 0.3) is 0 Å². The zero-order chi connectivity index (χ0) is 11.3. The van der Waals surface area contributed by atoms with Crippen LogP contribution in [0.3, 0.4) is 0 Å². The molecule has 1 fully saturated rings. The van der Waals surface area contributed by atoms with Crippen molar-refractivity contribution >= 4 is 6.03 Å². The second-order valence-electron chi connectivity index (χ2n) is 5.10. The summed E-state index contributed by atoms with van der Waals surface area (Å²) in [5.74, 6) is 0. The Morgan fingerprint density at radius 3 is 2.67 bits per heavy atom. The fourth-order valence-electron chi connectivity index (χ4n) is 1.31. The number of hydrogen-bond acceptors (Lipinski definition) is 2. The van der Waals surface area contributed by atoms with Gasteiger partial charge in [0.25, 0.3) is 0 Å². The lowest BCUT2D eigenvalue weighted by atomic mass is 9.89. The van der Waals surface area contributed by atoms with E-state index in [-0.39, 0.29) is 18.1 Å². The number of amides is 2. The number of aliphatic hydroxyl groups excluding tert-OH is 1. The molecule has 0 aliphatic heterocycles. The van der Waals surface area contributed by atoms with E-state index in [0.717, 1.165) is 25.7 Å². The van der Waals surface area contributed by atoms with Crippen molar-refractivity contribution in [1.29, 1.82) is 0 Å². The molecule has 2 amide bonds. The van der Waals surface area contributed by atoms with Crippen LogP contribution in [0.2, 0.25) is 0 Å². The van der Waals surface area contributed by atoms with Gasteiger partial charge >= 0.3 is 6.03 Å². The van der Waals surface area contributed by atoms with Crippen molar-refractivity contribution in [2.75, 3.05) is 13.2 Å². The van der Waals surface area contributed by atoms with Gasteiger partial charge in [-0.25, -0.2) is 4.79 Å². The van der Waals surface area contributed by atoms with Crippen LogP contribution in [0.1, 0.15) is 39.5 Å². The first-order chi connectivity index (χ1) is 7.03. The molecular formula is C11H22N2O2. The smallest absolute Gasteiger partial charge is 0.315 e. The monoisotopic (exact) mass is 214 g/mol. The molecule has 0 saturated heterocycles. The summed E-state index contributed by atoms with van der Waals surface area (Å²) < 4.78 is 0. The molecular weight excluding hydrogens is 192 g/mol. The van der Waals surface area contributed by atoms with Gasteiger partial charge < -0.3 is 15.7 Å². The van der Waals surface area contributed by atoms with E-state index >= 15 is 0 Å². The standard InChI is InChI=1S/C11H22N2O2/c1-11(2,8-14)6-3-7-12-10(15)13-9-4-5-9/h9,14H,3-8H2,1-2H3,(H2,12,13,15). The van der Waals surface area contributed by atoms with Crippen LogP contribution in [-0.2, 0) is 0 Å². The van der Waals surface area contributed by atoms with Gasteiger partial charge in [0, 0.05) is 19.2 Å². The van der Waals surface area contributed by atoms with E-state index in [1.54, 1.807) is 0 Å². The van der Waals surface area contributed by atoms with Crippen LogP contribution in [0, 0.1) is 5.41 Å². The molecule has 0 bridgehead atoms. The third-order valence-electron chi connectivity index (χ3n) is 2.66. The quantitative estimate of drug-likeness (QED) is 0.583. The average Bonchev–Trinajstić information content (AvgIpc) is 2.96. The van der Waals surface area contributed by atoms with E-state index in [1.165, 1.54) is 0 Å². The minimum atomic E-state index is -0.0562. The molecule has 0 radical (unpaired) electrons. The Balaban J connectivity index is 1.98. The lowest BCUT2D eigenvalue weighted by Gasteiger charge is -2.21. The van der Waals surface area contributed by atoms with Gasteiger partial charge in [-0.2, -0.15) is 0 Å². The van der Waals surface area contributed by atoms with Gasteiger partial charge in [-0.05, 0) is 31.1 Å². The number of aliphatic hydroxyl groups is 1. The molecule has 1 aliphatic carbocycles. The Bertz CT molecular complexity index is 213. The van der Waals surface area contributed by atoms with E-state index in [0.29, 0.717) is 12.6 Å². The van der Waals surface area contributed by atoms with Gasteiger partial charge in [-0.1, -0.05) is 13.8 Å². The van der Waals surface area contributed by atoms with Crippen molar-refractivity contribution in [3.8, 4) is 0 Å². The first-order valence-electron chi connectivity index (χ1n) is 5.69. The highest BCUT2D eigenvalue weighted by molar-refractivity contribution is 5.74. The molecule has 0 aromatic carbocycles. The predicted molar refractivity (Wildman–Crippen MR) is 59.7 cm³/mol.